The van der Waals surface area contributed by atoms with Gasteiger partial charge in [0.15, 0.2) is 0 Å². The zero-order valence-corrected chi connectivity index (χ0v) is 10.4. The van der Waals surface area contributed by atoms with E-state index in [1.165, 1.54) is 12.1 Å². The van der Waals surface area contributed by atoms with Gasteiger partial charge in [0.05, 0.1) is 22.3 Å². The Morgan fingerprint density at radius 1 is 1.37 bits per heavy atom. The van der Waals surface area contributed by atoms with Crippen molar-refractivity contribution in [3.8, 4) is 11.4 Å². The van der Waals surface area contributed by atoms with Gasteiger partial charge in [0.1, 0.15) is 17.9 Å². The molecule has 1 aliphatic carbocycles. The number of hydrogen-bond donors (Lipinski definition) is 0. The van der Waals surface area contributed by atoms with Gasteiger partial charge in [-0.05, 0) is 31.0 Å². The SMILES string of the molecule is Cn1c(-c2conc2C2CC2)nc2ccc(F)cc21. The lowest BCUT2D eigenvalue weighted by Crippen LogP contribution is -1.94. The van der Waals surface area contributed by atoms with Gasteiger partial charge in [0.25, 0.3) is 0 Å². The summed E-state index contributed by atoms with van der Waals surface area (Å²) in [5.41, 5.74) is 3.44. The number of nitrogens with zero attached hydrogens (tertiary/aromatic N) is 3. The first-order valence-electron chi connectivity index (χ1n) is 6.30. The summed E-state index contributed by atoms with van der Waals surface area (Å²) in [6.45, 7) is 0. The predicted molar refractivity (Wildman–Crippen MR) is 68.1 cm³/mol. The molecule has 3 aromatic rings. The van der Waals surface area contributed by atoms with Gasteiger partial charge in [0, 0.05) is 13.0 Å². The van der Waals surface area contributed by atoms with E-state index in [9.17, 15) is 4.39 Å². The van der Waals surface area contributed by atoms with Crippen molar-refractivity contribution in [1.82, 2.24) is 14.7 Å². The summed E-state index contributed by atoms with van der Waals surface area (Å²) >= 11 is 0. The monoisotopic (exact) mass is 257 g/mol. The van der Waals surface area contributed by atoms with Crippen LogP contribution < -0.4 is 0 Å². The minimum atomic E-state index is -0.255. The zero-order valence-electron chi connectivity index (χ0n) is 10.4. The highest BCUT2D eigenvalue weighted by molar-refractivity contribution is 5.81. The lowest BCUT2D eigenvalue weighted by atomic mass is 10.2. The Kier molecular flexibility index (Phi) is 2.07. The Morgan fingerprint density at radius 3 is 3.00 bits per heavy atom. The molecule has 0 atom stereocenters. The quantitative estimate of drug-likeness (QED) is 0.707. The molecule has 5 heteroatoms. The molecule has 19 heavy (non-hydrogen) atoms. The molecule has 96 valence electrons. The molecule has 4 nitrogen and oxygen atoms in total. The Morgan fingerprint density at radius 2 is 2.21 bits per heavy atom. The summed E-state index contributed by atoms with van der Waals surface area (Å²) in [4.78, 5) is 4.56. The molecule has 2 heterocycles. The minimum Gasteiger partial charge on any atom is -0.364 e. The van der Waals surface area contributed by atoms with Crippen LogP contribution in [0.25, 0.3) is 22.4 Å². The second-order valence-electron chi connectivity index (χ2n) is 5.02. The molecule has 1 aromatic carbocycles. The fourth-order valence-corrected chi connectivity index (χ4v) is 2.47. The van der Waals surface area contributed by atoms with Crippen molar-refractivity contribution in [2.45, 2.75) is 18.8 Å². The van der Waals surface area contributed by atoms with Crippen LogP contribution in [0.3, 0.4) is 0 Å². The van der Waals surface area contributed by atoms with Crippen molar-refractivity contribution in [3.63, 3.8) is 0 Å². The fraction of sp³-hybridized carbons (Fsp3) is 0.286. The van der Waals surface area contributed by atoms with E-state index in [-0.39, 0.29) is 5.82 Å². The van der Waals surface area contributed by atoms with Crippen LogP contribution in [0.2, 0.25) is 0 Å². The lowest BCUT2D eigenvalue weighted by molar-refractivity contribution is 0.412. The number of benzene rings is 1. The molecule has 0 spiro atoms. The number of imidazole rings is 1. The largest absolute Gasteiger partial charge is 0.364 e. The van der Waals surface area contributed by atoms with Crippen molar-refractivity contribution in [1.29, 1.82) is 0 Å². The Labute approximate surface area is 108 Å². The lowest BCUT2D eigenvalue weighted by Gasteiger charge is -2.01. The highest BCUT2D eigenvalue weighted by atomic mass is 19.1. The van der Waals surface area contributed by atoms with Gasteiger partial charge in [0.2, 0.25) is 0 Å². The first kappa shape index (κ1) is 10.7. The van der Waals surface area contributed by atoms with Crippen LogP contribution in [0.15, 0.2) is 29.0 Å². The molecular formula is C14H12FN3O. The normalized spacial score (nSPS) is 15.3. The summed E-state index contributed by atoms with van der Waals surface area (Å²) in [6.07, 6.45) is 3.93. The number of hydrogen-bond acceptors (Lipinski definition) is 3. The van der Waals surface area contributed by atoms with Gasteiger partial charge >= 0.3 is 0 Å². The first-order valence-corrected chi connectivity index (χ1v) is 6.30. The highest BCUT2D eigenvalue weighted by Gasteiger charge is 2.31. The summed E-state index contributed by atoms with van der Waals surface area (Å²) in [5.74, 6) is 1.02. The van der Waals surface area contributed by atoms with E-state index < -0.39 is 0 Å². The molecule has 2 aromatic heterocycles. The number of aromatic nitrogens is 3. The van der Waals surface area contributed by atoms with Crippen LogP contribution in [0.4, 0.5) is 4.39 Å². The molecule has 0 aliphatic heterocycles. The third-order valence-electron chi connectivity index (χ3n) is 3.65. The van der Waals surface area contributed by atoms with E-state index in [0.717, 1.165) is 41.0 Å². The van der Waals surface area contributed by atoms with Crippen molar-refractivity contribution < 1.29 is 8.91 Å². The number of fused-ring (bicyclic) bond motifs is 1. The average Bonchev–Trinajstić information content (AvgIpc) is 3.05. The fourth-order valence-electron chi connectivity index (χ4n) is 2.47. The number of aryl methyl sites for hydroxylation is 1. The number of rotatable bonds is 2. The Bertz CT molecular complexity index is 770. The van der Waals surface area contributed by atoms with Gasteiger partial charge in [-0.15, -0.1) is 0 Å². The summed E-state index contributed by atoms with van der Waals surface area (Å²) in [5, 5.41) is 4.08. The summed E-state index contributed by atoms with van der Waals surface area (Å²) < 4.78 is 20.3. The van der Waals surface area contributed by atoms with E-state index >= 15 is 0 Å². The van der Waals surface area contributed by atoms with Crippen LogP contribution in [0, 0.1) is 5.82 Å². The topological polar surface area (TPSA) is 43.9 Å². The highest BCUT2D eigenvalue weighted by Crippen LogP contribution is 2.43. The molecule has 1 fully saturated rings. The van der Waals surface area contributed by atoms with Crippen LogP contribution in [0.1, 0.15) is 24.5 Å². The molecule has 0 radical (unpaired) electrons. The molecule has 0 N–H and O–H groups in total. The standard InChI is InChI=1S/C14H12FN3O/c1-18-12-6-9(15)4-5-11(12)16-14(18)10-7-19-17-13(10)8-2-3-8/h4-8H,2-3H2,1H3. The van der Waals surface area contributed by atoms with Crippen LogP contribution in [-0.2, 0) is 7.05 Å². The zero-order chi connectivity index (χ0) is 13.0. The maximum Gasteiger partial charge on any atom is 0.146 e. The van der Waals surface area contributed by atoms with Crippen molar-refractivity contribution in [2.24, 2.45) is 7.05 Å². The second kappa shape index (κ2) is 3.66. The van der Waals surface area contributed by atoms with E-state index in [1.54, 1.807) is 12.3 Å². The summed E-state index contributed by atoms with van der Waals surface area (Å²) in [7, 11) is 1.88. The van der Waals surface area contributed by atoms with E-state index in [1.807, 2.05) is 11.6 Å². The van der Waals surface area contributed by atoms with E-state index in [0.29, 0.717) is 5.92 Å². The average molecular weight is 257 g/mol. The third kappa shape index (κ3) is 1.58. The summed E-state index contributed by atoms with van der Waals surface area (Å²) in [6, 6.07) is 4.61. The smallest absolute Gasteiger partial charge is 0.146 e. The van der Waals surface area contributed by atoms with Gasteiger partial charge in [-0.3, -0.25) is 0 Å². The molecule has 0 amide bonds. The number of halogens is 1. The van der Waals surface area contributed by atoms with Crippen molar-refractivity contribution >= 4 is 11.0 Å². The molecule has 1 aliphatic rings. The minimum absolute atomic E-state index is 0.255. The Balaban J connectivity index is 1.95. The molecule has 1 saturated carbocycles. The van der Waals surface area contributed by atoms with Crippen LogP contribution in [-0.4, -0.2) is 14.7 Å². The maximum absolute atomic E-state index is 13.3. The molecular weight excluding hydrogens is 245 g/mol. The van der Waals surface area contributed by atoms with Gasteiger partial charge in [-0.2, -0.15) is 0 Å². The van der Waals surface area contributed by atoms with Crippen LogP contribution in [0.5, 0.6) is 0 Å². The van der Waals surface area contributed by atoms with Crippen molar-refractivity contribution in [3.05, 3.63) is 36.0 Å². The van der Waals surface area contributed by atoms with Crippen molar-refractivity contribution in [2.75, 3.05) is 0 Å². The van der Waals surface area contributed by atoms with Gasteiger partial charge in [-0.25, -0.2) is 9.37 Å². The van der Waals surface area contributed by atoms with Gasteiger partial charge < -0.3 is 9.09 Å². The molecule has 0 bridgehead atoms. The predicted octanol–water partition coefficient (Wildman–Crippen LogP) is 3.24. The van der Waals surface area contributed by atoms with Crippen LogP contribution >= 0.6 is 0 Å². The Hall–Kier alpha value is -2.17. The van der Waals surface area contributed by atoms with E-state index in [4.69, 9.17) is 4.52 Å². The first-order chi connectivity index (χ1) is 9.24. The molecule has 0 unspecified atom stereocenters. The molecule has 4 rings (SSSR count). The maximum atomic E-state index is 13.3. The molecule has 0 saturated heterocycles. The second-order valence-corrected chi connectivity index (χ2v) is 5.02. The van der Waals surface area contributed by atoms with Gasteiger partial charge in [-0.1, -0.05) is 5.16 Å². The third-order valence-corrected chi connectivity index (χ3v) is 3.65. The van der Waals surface area contributed by atoms with E-state index in [2.05, 4.69) is 10.1 Å².